The summed E-state index contributed by atoms with van der Waals surface area (Å²) in [5.74, 6) is 0.273. The molecule has 0 unspecified atom stereocenters. The zero-order valence-corrected chi connectivity index (χ0v) is 16.1. The summed E-state index contributed by atoms with van der Waals surface area (Å²) in [5, 5.41) is 3.46. The quantitative estimate of drug-likeness (QED) is 0.453. The molecule has 144 valence electrons. The average Bonchev–Trinajstić information content (AvgIpc) is 2.67. The maximum Gasteiger partial charge on any atom is 0.338 e. The van der Waals surface area contributed by atoms with E-state index in [1.54, 1.807) is 48.5 Å². The van der Waals surface area contributed by atoms with Crippen LogP contribution in [-0.4, -0.2) is 25.1 Å². The molecular weight excluding hydrogens is 366 g/mol. The highest BCUT2D eigenvalue weighted by Crippen LogP contribution is 2.16. The van der Waals surface area contributed by atoms with Crippen molar-refractivity contribution in [3.63, 3.8) is 0 Å². The molecule has 0 spiro atoms. The lowest BCUT2D eigenvalue weighted by molar-refractivity contribution is -0.116. The molecule has 0 aliphatic carbocycles. The van der Waals surface area contributed by atoms with Crippen molar-refractivity contribution in [1.29, 1.82) is 0 Å². The van der Waals surface area contributed by atoms with Crippen LogP contribution in [0.5, 0.6) is 5.75 Å². The maximum absolute atomic E-state index is 12.0. The molecule has 0 aliphatic rings. The fourth-order valence-corrected chi connectivity index (χ4v) is 2.39. The highest BCUT2D eigenvalue weighted by molar-refractivity contribution is 6.30. The van der Waals surface area contributed by atoms with Gasteiger partial charge in [0.15, 0.2) is 0 Å². The van der Waals surface area contributed by atoms with E-state index in [4.69, 9.17) is 21.1 Å². The van der Waals surface area contributed by atoms with Crippen LogP contribution in [0.3, 0.4) is 0 Å². The lowest BCUT2D eigenvalue weighted by Gasteiger charge is -2.08. The number of amides is 1. The standard InChI is InChI=1S/C21H24ClNO4/c1-2-3-14-27-21(25)16-6-10-18(11-7-16)23-20(24)5-4-15-26-19-12-8-17(22)9-13-19/h6-13H,2-5,14-15H2,1H3,(H,23,24). The number of hydrogen-bond acceptors (Lipinski definition) is 4. The van der Waals surface area contributed by atoms with E-state index in [0.717, 1.165) is 18.6 Å². The Labute approximate surface area is 164 Å². The molecule has 0 saturated heterocycles. The summed E-state index contributed by atoms with van der Waals surface area (Å²) in [5.41, 5.74) is 1.11. The second-order valence-corrected chi connectivity index (χ2v) is 6.46. The van der Waals surface area contributed by atoms with Crippen LogP contribution in [-0.2, 0) is 9.53 Å². The zero-order chi connectivity index (χ0) is 19.5. The predicted molar refractivity (Wildman–Crippen MR) is 106 cm³/mol. The van der Waals surface area contributed by atoms with Crippen LogP contribution < -0.4 is 10.1 Å². The minimum atomic E-state index is -0.347. The van der Waals surface area contributed by atoms with Crippen molar-refractivity contribution < 1.29 is 19.1 Å². The Bertz CT molecular complexity index is 729. The number of esters is 1. The van der Waals surface area contributed by atoms with Crippen LogP contribution in [0.25, 0.3) is 0 Å². The van der Waals surface area contributed by atoms with Crippen molar-refractivity contribution in [3.8, 4) is 5.75 Å². The molecule has 0 bridgehead atoms. The summed E-state index contributed by atoms with van der Waals surface area (Å²) in [6.45, 7) is 2.90. The highest BCUT2D eigenvalue weighted by Gasteiger charge is 2.08. The third-order valence-electron chi connectivity index (χ3n) is 3.77. The molecule has 0 fully saturated rings. The smallest absolute Gasteiger partial charge is 0.338 e. The average molecular weight is 390 g/mol. The van der Waals surface area contributed by atoms with Gasteiger partial charge in [-0.05, 0) is 61.4 Å². The number of hydrogen-bond donors (Lipinski definition) is 1. The van der Waals surface area contributed by atoms with Gasteiger partial charge >= 0.3 is 5.97 Å². The van der Waals surface area contributed by atoms with Gasteiger partial charge in [0.2, 0.25) is 5.91 Å². The largest absolute Gasteiger partial charge is 0.494 e. The molecule has 0 atom stereocenters. The molecule has 0 heterocycles. The van der Waals surface area contributed by atoms with Crippen LogP contribution >= 0.6 is 11.6 Å². The SMILES string of the molecule is CCCCOC(=O)c1ccc(NC(=O)CCCOc2ccc(Cl)cc2)cc1. The van der Waals surface area contributed by atoms with E-state index in [0.29, 0.717) is 42.3 Å². The van der Waals surface area contributed by atoms with E-state index < -0.39 is 0 Å². The number of benzene rings is 2. The highest BCUT2D eigenvalue weighted by atomic mass is 35.5. The Morgan fingerprint density at radius 1 is 0.963 bits per heavy atom. The third-order valence-corrected chi connectivity index (χ3v) is 4.02. The van der Waals surface area contributed by atoms with Gasteiger partial charge in [0.25, 0.3) is 0 Å². The molecule has 0 aliphatic heterocycles. The van der Waals surface area contributed by atoms with E-state index in [2.05, 4.69) is 5.32 Å². The number of carbonyl (C=O) groups is 2. The number of rotatable bonds is 10. The monoisotopic (exact) mass is 389 g/mol. The van der Waals surface area contributed by atoms with Gasteiger partial charge in [-0.2, -0.15) is 0 Å². The summed E-state index contributed by atoms with van der Waals surface area (Å²) in [7, 11) is 0. The molecule has 6 heteroatoms. The summed E-state index contributed by atoms with van der Waals surface area (Å²) >= 11 is 5.81. The summed E-state index contributed by atoms with van der Waals surface area (Å²) in [4.78, 5) is 23.8. The van der Waals surface area contributed by atoms with Crippen LogP contribution in [0.15, 0.2) is 48.5 Å². The second kappa shape index (κ2) is 11.2. The molecule has 5 nitrogen and oxygen atoms in total. The first-order valence-corrected chi connectivity index (χ1v) is 9.41. The molecule has 2 aromatic rings. The second-order valence-electron chi connectivity index (χ2n) is 6.02. The number of ether oxygens (including phenoxy) is 2. The Morgan fingerprint density at radius 2 is 1.67 bits per heavy atom. The topological polar surface area (TPSA) is 64.6 Å². The first-order valence-electron chi connectivity index (χ1n) is 9.04. The van der Waals surface area contributed by atoms with Crippen molar-refractivity contribution in [1.82, 2.24) is 0 Å². The van der Waals surface area contributed by atoms with Crippen molar-refractivity contribution >= 4 is 29.2 Å². The molecular formula is C21H24ClNO4. The fraction of sp³-hybridized carbons (Fsp3) is 0.333. The lowest BCUT2D eigenvalue weighted by atomic mass is 10.2. The third kappa shape index (κ3) is 7.71. The molecule has 1 N–H and O–H groups in total. The van der Waals surface area contributed by atoms with Crippen molar-refractivity contribution in [2.24, 2.45) is 0 Å². The van der Waals surface area contributed by atoms with Gasteiger partial charge < -0.3 is 14.8 Å². The van der Waals surface area contributed by atoms with E-state index in [1.807, 2.05) is 6.92 Å². The fourth-order valence-electron chi connectivity index (χ4n) is 2.26. The van der Waals surface area contributed by atoms with Gasteiger partial charge in [-0.3, -0.25) is 4.79 Å². The van der Waals surface area contributed by atoms with Crippen molar-refractivity contribution in [2.75, 3.05) is 18.5 Å². The van der Waals surface area contributed by atoms with Gasteiger partial charge in [0.05, 0.1) is 18.8 Å². The Balaban J connectivity index is 1.69. The molecule has 27 heavy (non-hydrogen) atoms. The molecule has 2 aromatic carbocycles. The molecule has 2 rings (SSSR count). The number of anilines is 1. The first kappa shape index (κ1) is 20.8. The molecule has 0 saturated carbocycles. The normalized spacial score (nSPS) is 10.3. The molecule has 1 amide bonds. The van der Waals surface area contributed by atoms with Crippen molar-refractivity contribution in [3.05, 3.63) is 59.1 Å². The van der Waals surface area contributed by atoms with Gasteiger partial charge in [-0.25, -0.2) is 4.79 Å². The Kier molecular flexibility index (Phi) is 8.65. The molecule has 0 aromatic heterocycles. The van der Waals surface area contributed by atoms with Crippen LogP contribution in [0.1, 0.15) is 43.0 Å². The minimum Gasteiger partial charge on any atom is -0.494 e. The number of nitrogens with one attached hydrogen (secondary N) is 1. The first-order chi connectivity index (χ1) is 13.1. The zero-order valence-electron chi connectivity index (χ0n) is 15.4. The summed E-state index contributed by atoms with van der Waals surface area (Å²) in [6, 6.07) is 13.8. The molecule has 0 radical (unpaired) electrons. The number of halogens is 1. The van der Waals surface area contributed by atoms with E-state index in [-0.39, 0.29) is 11.9 Å². The van der Waals surface area contributed by atoms with E-state index >= 15 is 0 Å². The van der Waals surface area contributed by atoms with Gasteiger partial charge in [-0.1, -0.05) is 24.9 Å². The lowest BCUT2D eigenvalue weighted by Crippen LogP contribution is -2.13. The van der Waals surface area contributed by atoms with Gasteiger partial charge in [0, 0.05) is 17.1 Å². The van der Waals surface area contributed by atoms with Crippen LogP contribution in [0.4, 0.5) is 5.69 Å². The Hall–Kier alpha value is -2.53. The van der Waals surface area contributed by atoms with E-state index in [1.165, 1.54) is 0 Å². The van der Waals surface area contributed by atoms with Gasteiger partial charge in [0.1, 0.15) is 5.75 Å². The summed E-state index contributed by atoms with van der Waals surface area (Å²) < 4.78 is 10.7. The van der Waals surface area contributed by atoms with Crippen LogP contribution in [0.2, 0.25) is 5.02 Å². The van der Waals surface area contributed by atoms with Crippen LogP contribution in [0, 0.1) is 0 Å². The Morgan fingerprint density at radius 3 is 2.33 bits per heavy atom. The van der Waals surface area contributed by atoms with Gasteiger partial charge in [-0.15, -0.1) is 0 Å². The van der Waals surface area contributed by atoms with Crippen molar-refractivity contribution in [2.45, 2.75) is 32.6 Å². The number of carbonyl (C=O) groups excluding carboxylic acids is 2. The van der Waals surface area contributed by atoms with E-state index in [9.17, 15) is 9.59 Å². The summed E-state index contributed by atoms with van der Waals surface area (Å²) in [6.07, 6.45) is 2.76. The number of unbranched alkanes of at least 4 members (excludes halogenated alkanes) is 1. The maximum atomic E-state index is 12.0. The minimum absolute atomic E-state index is 0.104. The predicted octanol–water partition coefficient (Wildman–Crippen LogP) is 5.09.